The van der Waals surface area contributed by atoms with E-state index in [0.29, 0.717) is 11.4 Å². The van der Waals surface area contributed by atoms with E-state index in [0.717, 1.165) is 22.8 Å². The largest absolute Gasteiger partial charge is 0.321 e. The van der Waals surface area contributed by atoms with Gasteiger partial charge in [-0.05, 0) is 51.1 Å². The Hall–Kier alpha value is -3.02. The van der Waals surface area contributed by atoms with Crippen LogP contribution in [0.5, 0.6) is 0 Å². The van der Waals surface area contributed by atoms with Crippen LogP contribution in [0, 0.1) is 20.8 Å². The van der Waals surface area contributed by atoms with Crippen LogP contribution >= 0.6 is 0 Å². The van der Waals surface area contributed by atoms with Crippen LogP contribution in [0.3, 0.4) is 0 Å². The van der Waals surface area contributed by atoms with E-state index >= 15 is 0 Å². The first-order valence-electron chi connectivity index (χ1n) is 7.25. The Morgan fingerprint density at radius 1 is 1.04 bits per heavy atom. The second-order valence-corrected chi connectivity index (χ2v) is 5.33. The molecule has 0 saturated heterocycles. The van der Waals surface area contributed by atoms with Gasteiger partial charge in [0.2, 0.25) is 0 Å². The summed E-state index contributed by atoms with van der Waals surface area (Å²) in [5, 5.41) is 2.83. The molecule has 6 heteroatoms. The van der Waals surface area contributed by atoms with E-state index in [-0.39, 0.29) is 5.91 Å². The molecule has 23 heavy (non-hydrogen) atoms. The predicted octanol–water partition coefficient (Wildman–Crippen LogP) is 2.84. The summed E-state index contributed by atoms with van der Waals surface area (Å²) in [4.78, 5) is 24.4. The Morgan fingerprint density at radius 2 is 1.78 bits per heavy atom. The summed E-state index contributed by atoms with van der Waals surface area (Å²) in [7, 11) is 0. The van der Waals surface area contributed by atoms with Crippen LogP contribution < -0.4 is 5.32 Å². The molecule has 0 aliphatic carbocycles. The maximum absolute atomic E-state index is 12.2. The summed E-state index contributed by atoms with van der Waals surface area (Å²) in [6, 6.07) is 9.25. The Bertz CT molecular complexity index is 852. The number of aryl methyl sites for hydroxylation is 2. The van der Waals surface area contributed by atoms with Gasteiger partial charge in [-0.15, -0.1) is 0 Å². The smallest absolute Gasteiger partial charge is 0.274 e. The van der Waals surface area contributed by atoms with Crippen molar-refractivity contribution in [1.82, 2.24) is 19.5 Å². The predicted molar refractivity (Wildman–Crippen MR) is 87.8 cm³/mol. The summed E-state index contributed by atoms with van der Waals surface area (Å²) in [6.07, 6.45) is 3.18. The van der Waals surface area contributed by atoms with Crippen LogP contribution in [0.4, 0.5) is 5.69 Å². The number of nitrogens with zero attached hydrogens (tertiary/aromatic N) is 4. The van der Waals surface area contributed by atoms with Gasteiger partial charge in [0.15, 0.2) is 0 Å². The van der Waals surface area contributed by atoms with E-state index in [1.165, 1.54) is 6.33 Å². The number of amides is 1. The second kappa shape index (κ2) is 6.00. The molecule has 6 nitrogen and oxygen atoms in total. The summed E-state index contributed by atoms with van der Waals surface area (Å²) >= 11 is 0. The van der Waals surface area contributed by atoms with Gasteiger partial charge in [0.25, 0.3) is 5.91 Å². The van der Waals surface area contributed by atoms with Crippen molar-refractivity contribution in [2.24, 2.45) is 0 Å². The number of carbonyl (C=O) groups is 1. The zero-order chi connectivity index (χ0) is 16.4. The molecule has 0 aliphatic heterocycles. The number of nitrogens with one attached hydrogen (secondary N) is 1. The van der Waals surface area contributed by atoms with Crippen LogP contribution in [-0.4, -0.2) is 25.4 Å². The number of hydrogen-bond donors (Lipinski definition) is 1. The molecule has 3 aromatic rings. The summed E-state index contributed by atoms with van der Waals surface area (Å²) in [5.41, 5.74) is 4.91. The standard InChI is InChI=1S/C17H17N5O/c1-11-8-16(19-9-18-11)17(23)21-14-4-6-15(7-5-14)22-10-20-12(2)13(22)3/h4-10H,1-3H3,(H,21,23). The summed E-state index contributed by atoms with van der Waals surface area (Å²) < 4.78 is 2.01. The number of rotatable bonds is 3. The minimum absolute atomic E-state index is 0.252. The van der Waals surface area contributed by atoms with Crippen molar-refractivity contribution in [3.8, 4) is 5.69 Å². The highest BCUT2D eigenvalue weighted by molar-refractivity contribution is 6.02. The van der Waals surface area contributed by atoms with Crippen LogP contribution in [0.1, 0.15) is 27.6 Å². The van der Waals surface area contributed by atoms with E-state index in [2.05, 4.69) is 20.3 Å². The quantitative estimate of drug-likeness (QED) is 0.807. The first kappa shape index (κ1) is 14.9. The number of aromatic nitrogens is 4. The fourth-order valence-electron chi connectivity index (χ4n) is 2.24. The molecule has 1 aromatic carbocycles. The molecule has 2 heterocycles. The van der Waals surface area contributed by atoms with Crippen molar-refractivity contribution in [3.63, 3.8) is 0 Å². The third-order valence-corrected chi connectivity index (χ3v) is 3.69. The zero-order valence-corrected chi connectivity index (χ0v) is 13.2. The molecular formula is C17H17N5O. The second-order valence-electron chi connectivity index (χ2n) is 5.33. The van der Waals surface area contributed by atoms with Crippen molar-refractivity contribution >= 4 is 11.6 Å². The van der Waals surface area contributed by atoms with Gasteiger partial charge >= 0.3 is 0 Å². The van der Waals surface area contributed by atoms with Crippen LogP contribution in [-0.2, 0) is 0 Å². The van der Waals surface area contributed by atoms with E-state index in [4.69, 9.17) is 0 Å². The van der Waals surface area contributed by atoms with Gasteiger partial charge in [-0.2, -0.15) is 0 Å². The molecule has 1 N–H and O–H groups in total. The normalized spacial score (nSPS) is 10.6. The third-order valence-electron chi connectivity index (χ3n) is 3.69. The first-order chi connectivity index (χ1) is 11.0. The SMILES string of the molecule is Cc1cc(C(=O)Nc2ccc(-n3cnc(C)c3C)cc2)ncn1. The number of carbonyl (C=O) groups excluding carboxylic acids is 1. The number of imidazole rings is 1. The topological polar surface area (TPSA) is 72.7 Å². The van der Waals surface area contributed by atoms with Crippen LogP contribution in [0.15, 0.2) is 43.0 Å². The van der Waals surface area contributed by atoms with Crippen LogP contribution in [0.25, 0.3) is 5.69 Å². The summed E-state index contributed by atoms with van der Waals surface area (Å²) in [6.45, 7) is 5.82. The molecule has 0 saturated carbocycles. The van der Waals surface area contributed by atoms with Crippen molar-refractivity contribution in [3.05, 3.63) is 65.8 Å². The fourth-order valence-corrected chi connectivity index (χ4v) is 2.24. The highest BCUT2D eigenvalue weighted by atomic mass is 16.1. The van der Waals surface area contributed by atoms with Gasteiger partial charge in [0, 0.05) is 22.8 Å². The lowest BCUT2D eigenvalue weighted by Gasteiger charge is -2.08. The Kier molecular flexibility index (Phi) is 3.89. The molecule has 2 aromatic heterocycles. The zero-order valence-electron chi connectivity index (χ0n) is 13.2. The molecule has 116 valence electrons. The first-order valence-corrected chi connectivity index (χ1v) is 7.25. The molecule has 0 fully saturated rings. The maximum atomic E-state index is 12.2. The molecule has 0 bridgehead atoms. The molecule has 0 radical (unpaired) electrons. The lowest BCUT2D eigenvalue weighted by atomic mass is 10.2. The van der Waals surface area contributed by atoms with E-state index in [1.54, 1.807) is 12.4 Å². The average molecular weight is 307 g/mol. The summed E-state index contributed by atoms with van der Waals surface area (Å²) in [5.74, 6) is -0.252. The lowest BCUT2D eigenvalue weighted by molar-refractivity contribution is 0.102. The van der Waals surface area contributed by atoms with Crippen LogP contribution in [0.2, 0.25) is 0 Å². The van der Waals surface area contributed by atoms with Gasteiger partial charge in [-0.3, -0.25) is 4.79 Å². The van der Waals surface area contributed by atoms with Gasteiger partial charge in [0.05, 0.1) is 12.0 Å². The maximum Gasteiger partial charge on any atom is 0.274 e. The van der Waals surface area contributed by atoms with Gasteiger partial charge < -0.3 is 9.88 Å². The van der Waals surface area contributed by atoms with Crippen molar-refractivity contribution < 1.29 is 4.79 Å². The average Bonchev–Trinajstić information content (AvgIpc) is 2.88. The monoisotopic (exact) mass is 307 g/mol. The third kappa shape index (κ3) is 3.11. The highest BCUT2D eigenvalue weighted by Gasteiger charge is 2.09. The van der Waals surface area contributed by atoms with E-state index in [9.17, 15) is 4.79 Å². The molecule has 0 atom stereocenters. The van der Waals surface area contributed by atoms with Gasteiger partial charge in [-0.25, -0.2) is 15.0 Å². The molecule has 1 amide bonds. The molecular weight excluding hydrogens is 290 g/mol. The Labute approximate surface area is 134 Å². The van der Waals surface area contributed by atoms with Gasteiger partial charge in [-0.1, -0.05) is 0 Å². The van der Waals surface area contributed by atoms with Crippen molar-refractivity contribution in [1.29, 1.82) is 0 Å². The van der Waals surface area contributed by atoms with Crippen molar-refractivity contribution in [2.75, 3.05) is 5.32 Å². The van der Waals surface area contributed by atoms with Gasteiger partial charge in [0.1, 0.15) is 12.0 Å². The number of hydrogen-bond acceptors (Lipinski definition) is 4. The Morgan fingerprint density at radius 3 is 2.39 bits per heavy atom. The van der Waals surface area contributed by atoms with Crippen molar-refractivity contribution in [2.45, 2.75) is 20.8 Å². The highest BCUT2D eigenvalue weighted by Crippen LogP contribution is 2.17. The lowest BCUT2D eigenvalue weighted by Crippen LogP contribution is -2.14. The number of anilines is 1. The van der Waals surface area contributed by atoms with E-state index < -0.39 is 0 Å². The minimum atomic E-state index is -0.252. The molecule has 0 aliphatic rings. The number of benzene rings is 1. The molecule has 0 spiro atoms. The molecule has 3 rings (SSSR count). The molecule has 0 unspecified atom stereocenters. The fraction of sp³-hybridized carbons (Fsp3) is 0.176. The Balaban J connectivity index is 1.78. The minimum Gasteiger partial charge on any atom is -0.321 e. The van der Waals surface area contributed by atoms with E-state index in [1.807, 2.05) is 49.6 Å².